The van der Waals surface area contributed by atoms with Crippen LogP contribution in [0.1, 0.15) is 17.0 Å². The number of nitrogens with one attached hydrogen (secondary N) is 1. The predicted octanol–water partition coefficient (Wildman–Crippen LogP) is 2.17. The maximum Gasteiger partial charge on any atom is 0.223 e. The molecule has 2 aromatic rings. The van der Waals surface area contributed by atoms with Crippen molar-refractivity contribution in [3.63, 3.8) is 0 Å². The van der Waals surface area contributed by atoms with E-state index in [9.17, 15) is 4.39 Å². The molecule has 3 N–H and O–H groups in total. The van der Waals surface area contributed by atoms with Crippen LogP contribution in [0, 0.1) is 12.7 Å². The van der Waals surface area contributed by atoms with Gasteiger partial charge in [0.15, 0.2) is 0 Å². The molecule has 98 valence electrons. The maximum atomic E-state index is 13.0. The van der Waals surface area contributed by atoms with Gasteiger partial charge >= 0.3 is 0 Å². The molecule has 0 saturated heterocycles. The molecular formula is C13H13FN4S. The highest BCUT2D eigenvalue weighted by atomic mass is 32.1. The van der Waals surface area contributed by atoms with Gasteiger partial charge in [-0.05, 0) is 30.7 Å². The van der Waals surface area contributed by atoms with Crippen molar-refractivity contribution in [2.75, 3.05) is 5.32 Å². The van der Waals surface area contributed by atoms with Crippen LogP contribution in [-0.2, 0) is 6.54 Å². The van der Waals surface area contributed by atoms with Crippen LogP contribution in [0.2, 0.25) is 0 Å². The molecule has 0 saturated carbocycles. The lowest BCUT2D eigenvalue weighted by molar-refractivity contribution is 0.626. The number of aromatic nitrogens is 2. The summed E-state index contributed by atoms with van der Waals surface area (Å²) in [6, 6.07) is 8.05. The van der Waals surface area contributed by atoms with E-state index in [-0.39, 0.29) is 10.8 Å². The van der Waals surface area contributed by atoms with E-state index < -0.39 is 0 Å². The monoisotopic (exact) mass is 276 g/mol. The van der Waals surface area contributed by atoms with E-state index in [4.69, 9.17) is 18.0 Å². The van der Waals surface area contributed by atoms with Crippen molar-refractivity contribution >= 4 is 23.2 Å². The average molecular weight is 276 g/mol. The molecule has 0 spiro atoms. The highest BCUT2D eigenvalue weighted by Gasteiger charge is 2.04. The smallest absolute Gasteiger partial charge is 0.223 e. The van der Waals surface area contributed by atoms with E-state index in [0.29, 0.717) is 18.2 Å². The van der Waals surface area contributed by atoms with Gasteiger partial charge in [0.2, 0.25) is 5.95 Å². The van der Waals surface area contributed by atoms with Gasteiger partial charge in [0.25, 0.3) is 0 Å². The molecule has 0 aliphatic heterocycles. The van der Waals surface area contributed by atoms with Crippen molar-refractivity contribution in [2.45, 2.75) is 13.5 Å². The van der Waals surface area contributed by atoms with Crippen LogP contribution < -0.4 is 11.1 Å². The number of anilines is 1. The number of nitrogens with two attached hydrogens (primary N) is 1. The van der Waals surface area contributed by atoms with Gasteiger partial charge in [-0.3, -0.25) is 0 Å². The fraction of sp³-hybridized carbons (Fsp3) is 0.154. The number of hydrogen-bond donors (Lipinski definition) is 2. The van der Waals surface area contributed by atoms with Gasteiger partial charge in [-0.25, -0.2) is 14.4 Å². The first-order valence-electron chi connectivity index (χ1n) is 5.68. The number of halogens is 1. The van der Waals surface area contributed by atoms with Gasteiger partial charge in [0.05, 0.1) is 0 Å². The molecule has 6 heteroatoms. The van der Waals surface area contributed by atoms with E-state index >= 15 is 0 Å². The molecular weight excluding hydrogens is 263 g/mol. The molecule has 1 aromatic heterocycles. The molecule has 0 unspecified atom stereocenters. The Labute approximate surface area is 115 Å². The number of rotatable bonds is 4. The summed E-state index contributed by atoms with van der Waals surface area (Å²) in [6.07, 6.45) is 0. The van der Waals surface area contributed by atoms with Crippen LogP contribution >= 0.6 is 12.2 Å². The first kappa shape index (κ1) is 13.4. The van der Waals surface area contributed by atoms with Crippen LogP contribution in [0.15, 0.2) is 30.3 Å². The summed E-state index contributed by atoms with van der Waals surface area (Å²) in [5.41, 5.74) is 7.63. The Bertz CT molecular complexity index is 615. The lowest BCUT2D eigenvalue weighted by Crippen LogP contribution is -2.14. The second kappa shape index (κ2) is 5.71. The molecule has 19 heavy (non-hydrogen) atoms. The van der Waals surface area contributed by atoms with Gasteiger partial charge in [-0.2, -0.15) is 0 Å². The molecule has 1 heterocycles. The van der Waals surface area contributed by atoms with Crippen molar-refractivity contribution in [1.29, 1.82) is 0 Å². The third-order valence-corrected chi connectivity index (χ3v) is 2.66. The molecule has 1 aromatic carbocycles. The Morgan fingerprint density at radius 2 is 2.16 bits per heavy atom. The number of aryl methyl sites for hydroxylation is 1. The summed E-state index contributed by atoms with van der Waals surface area (Å²) in [4.78, 5) is 8.63. The molecule has 0 radical (unpaired) electrons. The zero-order valence-corrected chi connectivity index (χ0v) is 11.2. The third-order valence-electron chi connectivity index (χ3n) is 2.45. The Hall–Kier alpha value is -2.08. The van der Waals surface area contributed by atoms with Crippen LogP contribution in [0.5, 0.6) is 0 Å². The first-order chi connectivity index (χ1) is 9.04. The minimum atomic E-state index is -0.270. The Morgan fingerprint density at radius 1 is 1.37 bits per heavy atom. The zero-order valence-electron chi connectivity index (χ0n) is 10.4. The number of thiocarbonyl (C=S) groups is 1. The summed E-state index contributed by atoms with van der Waals surface area (Å²) in [5.74, 6) is 0.153. The normalized spacial score (nSPS) is 10.2. The van der Waals surface area contributed by atoms with Crippen LogP contribution in [0.3, 0.4) is 0 Å². The van der Waals surface area contributed by atoms with E-state index in [1.165, 1.54) is 12.1 Å². The van der Waals surface area contributed by atoms with Gasteiger partial charge in [0, 0.05) is 12.2 Å². The van der Waals surface area contributed by atoms with Crippen molar-refractivity contribution in [1.82, 2.24) is 9.97 Å². The number of hydrogen-bond acceptors (Lipinski definition) is 4. The zero-order chi connectivity index (χ0) is 13.8. The topological polar surface area (TPSA) is 63.8 Å². The van der Waals surface area contributed by atoms with Gasteiger partial charge in [-0.1, -0.05) is 24.4 Å². The Kier molecular flexibility index (Phi) is 4.01. The molecule has 0 fully saturated rings. The van der Waals surface area contributed by atoms with E-state index in [1.54, 1.807) is 12.1 Å². The minimum Gasteiger partial charge on any atom is -0.388 e. The number of benzene rings is 1. The number of nitrogens with zero attached hydrogens (tertiary/aromatic N) is 2. The third kappa shape index (κ3) is 3.69. The van der Waals surface area contributed by atoms with Crippen LogP contribution in [0.4, 0.5) is 10.3 Å². The summed E-state index contributed by atoms with van der Waals surface area (Å²) in [6.45, 7) is 2.26. The highest BCUT2D eigenvalue weighted by Crippen LogP contribution is 2.08. The van der Waals surface area contributed by atoms with E-state index in [2.05, 4.69) is 15.3 Å². The summed E-state index contributed by atoms with van der Waals surface area (Å²) >= 11 is 4.89. The molecule has 0 amide bonds. The first-order valence-corrected chi connectivity index (χ1v) is 6.09. The minimum absolute atomic E-state index is 0.222. The fourth-order valence-electron chi connectivity index (χ4n) is 1.60. The second-order valence-corrected chi connectivity index (χ2v) is 4.51. The van der Waals surface area contributed by atoms with Crippen molar-refractivity contribution in [3.05, 3.63) is 53.1 Å². The van der Waals surface area contributed by atoms with Crippen LogP contribution in [-0.4, -0.2) is 15.0 Å². The van der Waals surface area contributed by atoms with E-state index in [0.717, 1.165) is 11.3 Å². The quantitative estimate of drug-likeness (QED) is 0.838. The van der Waals surface area contributed by atoms with Crippen molar-refractivity contribution in [3.8, 4) is 0 Å². The van der Waals surface area contributed by atoms with Crippen molar-refractivity contribution in [2.24, 2.45) is 5.73 Å². The summed E-state index contributed by atoms with van der Waals surface area (Å²) in [7, 11) is 0. The predicted molar refractivity (Wildman–Crippen MR) is 76.4 cm³/mol. The standard InChI is InChI=1S/C13H13FN4S/c1-8-5-11(12(15)19)18-13(17-8)16-7-9-3-2-4-10(14)6-9/h2-6H,7H2,1H3,(H2,15,19)(H,16,17,18). The van der Waals surface area contributed by atoms with Gasteiger partial charge in [0.1, 0.15) is 16.5 Å². The van der Waals surface area contributed by atoms with E-state index in [1.807, 2.05) is 13.0 Å². The summed E-state index contributed by atoms with van der Waals surface area (Å²) < 4.78 is 13.0. The Balaban J connectivity index is 2.13. The molecule has 4 nitrogen and oxygen atoms in total. The summed E-state index contributed by atoms with van der Waals surface area (Å²) in [5, 5.41) is 3.02. The largest absolute Gasteiger partial charge is 0.388 e. The second-order valence-electron chi connectivity index (χ2n) is 4.07. The molecule has 0 atom stereocenters. The van der Waals surface area contributed by atoms with Gasteiger partial charge < -0.3 is 11.1 Å². The molecule has 0 aliphatic rings. The van der Waals surface area contributed by atoms with Crippen LogP contribution in [0.25, 0.3) is 0 Å². The SMILES string of the molecule is Cc1cc(C(N)=S)nc(NCc2cccc(F)c2)n1. The molecule has 2 rings (SSSR count). The van der Waals surface area contributed by atoms with Crippen molar-refractivity contribution < 1.29 is 4.39 Å². The molecule has 0 bridgehead atoms. The lowest BCUT2D eigenvalue weighted by atomic mass is 10.2. The van der Waals surface area contributed by atoms with Gasteiger partial charge in [-0.15, -0.1) is 0 Å². The maximum absolute atomic E-state index is 13.0. The highest BCUT2D eigenvalue weighted by molar-refractivity contribution is 7.80. The average Bonchev–Trinajstić information content (AvgIpc) is 2.36. The lowest BCUT2D eigenvalue weighted by Gasteiger charge is -2.07. The Morgan fingerprint density at radius 3 is 2.84 bits per heavy atom. The fourth-order valence-corrected chi connectivity index (χ4v) is 1.71. The molecule has 0 aliphatic carbocycles.